The van der Waals surface area contributed by atoms with Gasteiger partial charge >= 0.3 is 0 Å². The summed E-state index contributed by atoms with van der Waals surface area (Å²) >= 11 is 0. The molecule has 1 aliphatic carbocycles. The summed E-state index contributed by atoms with van der Waals surface area (Å²) in [7, 11) is 0. The van der Waals surface area contributed by atoms with Gasteiger partial charge in [-0.15, -0.1) is 0 Å². The molecule has 0 aromatic heterocycles. The Hall–Kier alpha value is -0.930. The van der Waals surface area contributed by atoms with E-state index < -0.39 is 0 Å². The lowest BCUT2D eigenvalue weighted by molar-refractivity contribution is 0.103. The van der Waals surface area contributed by atoms with E-state index >= 15 is 0 Å². The van der Waals surface area contributed by atoms with Crippen molar-refractivity contribution in [3.05, 3.63) is 35.1 Å². The Kier molecular flexibility index (Phi) is 4.08. The molecule has 2 aliphatic rings. The number of rotatable bonds is 3. The number of hydrogen-bond donors (Lipinski definition) is 1. The van der Waals surface area contributed by atoms with Gasteiger partial charge in [0.05, 0.1) is 0 Å². The zero-order chi connectivity index (χ0) is 14.0. The average molecular weight is 276 g/mol. The first-order valence-electron chi connectivity index (χ1n) is 7.91. The second kappa shape index (κ2) is 5.82. The molecule has 2 fully saturated rings. The fraction of sp³-hybridized carbons (Fsp3) is 0.647. The average Bonchev–Trinajstić information content (AvgIpc) is 2.92. The molecule has 3 rings (SSSR count). The number of nitrogens with zero attached hydrogens (tertiary/aromatic N) is 1. The third kappa shape index (κ3) is 2.89. The van der Waals surface area contributed by atoms with Crippen molar-refractivity contribution in [2.45, 2.75) is 51.6 Å². The van der Waals surface area contributed by atoms with Crippen LogP contribution in [0, 0.1) is 11.2 Å². The highest BCUT2D eigenvalue weighted by Gasteiger charge is 2.36. The molecular weight excluding hydrogens is 251 g/mol. The molecule has 1 spiro atoms. The third-order valence-corrected chi connectivity index (χ3v) is 5.32. The highest BCUT2D eigenvalue weighted by molar-refractivity contribution is 5.25. The van der Waals surface area contributed by atoms with E-state index in [0.29, 0.717) is 12.0 Å². The van der Waals surface area contributed by atoms with Crippen molar-refractivity contribution in [3.63, 3.8) is 0 Å². The van der Waals surface area contributed by atoms with Crippen LogP contribution >= 0.6 is 0 Å². The van der Waals surface area contributed by atoms with Gasteiger partial charge < -0.3 is 5.73 Å². The zero-order valence-corrected chi connectivity index (χ0v) is 12.2. The SMILES string of the molecule is NCc1ccc(F)c(CN2CCC3(CCCC3)CC2)c1. The Labute approximate surface area is 121 Å². The van der Waals surface area contributed by atoms with Crippen LogP contribution in [-0.2, 0) is 13.1 Å². The molecule has 1 aromatic carbocycles. The number of nitrogens with two attached hydrogens (primary N) is 1. The molecule has 2 N–H and O–H groups in total. The lowest BCUT2D eigenvalue weighted by Crippen LogP contribution is -2.38. The summed E-state index contributed by atoms with van der Waals surface area (Å²) in [4.78, 5) is 2.41. The van der Waals surface area contributed by atoms with Crippen molar-refractivity contribution >= 4 is 0 Å². The minimum Gasteiger partial charge on any atom is -0.326 e. The van der Waals surface area contributed by atoms with Crippen molar-refractivity contribution in [3.8, 4) is 0 Å². The molecule has 0 bridgehead atoms. The number of benzene rings is 1. The Balaban J connectivity index is 1.62. The lowest BCUT2D eigenvalue weighted by Gasteiger charge is -2.39. The second-order valence-corrected chi connectivity index (χ2v) is 6.61. The van der Waals surface area contributed by atoms with Gasteiger partial charge in [0.15, 0.2) is 0 Å². The maximum atomic E-state index is 13.9. The number of piperidine rings is 1. The van der Waals surface area contributed by atoms with Crippen molar-refractivity contribution in [1.29, 1.82) is 0 Å². The topological polar surface area (TPSA) is 29.3 Å². The summed E-state index contributed by atoms with van der Waals surface area (Å²) in [6, 6.07) is 5.26. The molecule has 110 valence electrons. The largest absolute Gasteiger partial charge is 0.326 e. The van der Waals surface area contributed by atoms with Gasteiger partial charge in [-0.05, 0) is 55.8 Å². The fourth-order valence-corrected chi connectivity index (χ4v) is 3.93. The standard InChI is InChI=1S/C17H25FN2/c18-16-4-3-14(12-19)11-15(16)13-20-9-7-17(8-10-20)5-1-2-6-17/h3-4,11H,1-2,5-10,12-13,19H2. The number of likely N-dealkylation sites (tertiary alicyclic amines) is 1. The maximum absolute atomic E-state index is 13.9. The van der Waals surface area contributed by atoms with Crippen molar-refractivity contribution in [2.24, 2.45) is 11.1 Å². The highest BCUT2D eigenvalue weighted by atomic mass is 19.1. The zero-order valence-electron chi connectivity index (χ0n) is 12.2. The van der Waals surface area contributed by atoms with Crippen LogP contribution in [0.5, 0.6) is 0 Å². The predicted octanol–water partition coefficient (Wildman–Crippen LogP) is 3.44. The Morgan fingerprint density at radius 1 is 1.10 bits per heavy atom. The summed E-state index contributed by atoms with van der Waals surface area (Å²) in [6.45, 7) is 3.45. The molecule has 1 aromatic rings. The van der Waals surface area contributed by atoms with Crippen molar-refractivity contribution in [1.82, 2.24) is 4.90 Å². The van der Waals surface area contributed by atoms with Crippen LogP contribution in [-0.4, -0.2) is 18.0 Å². The van der Waals surface area contributed by atoms with Crippen LogP contribution in [0.4, 0.5) is 4.39 Å². The molecule has 1 heterocycles. The van der Waals surface area contributed by atoms with Gasteiger partial charge in [-0.1, -0.05) is 25.0 Å². The van der Waals surface area contributed by atoms with Crippen LogP contribution in [0.2, 0.25) is 0 Å². The molecule has 1 aliphatic heterocycles. The Morgan fingerprint density at radius 3 is 2.45 bits per heavy atom. The van der Waals surface area contributed by atoms with Crippen LogP contribution in [0.3, 0.4) is 0 Å². The minimum absolute atomic E-state index is 0.0941. The molecule has 3 heteroatoms. The van der Waals surface area contributed by atoms with Crippen LogP contribution in [0.15, 0.2) is 18.2 Å². The summed E-state index contributed by atoms with van der Waals surface area (Å²) in [5, 5.41) is 0. The van der Waals surface area contributed by atoms with Gasteiger partial charge in [0.1, 0.15) is 5.82 Å². The first-order chi connectivity index (χ1) is 9.71. The first-order valence-corrected chi connectivity index (χ1v) is 7.91. The van der Waals surface area contributed by atoms with Crippen molar-refractivity contribution in [2.75, 3.05) is 13.1 Å². The molecule has 0 amide bonds. The summed E-state index contributed by atoms with van der Waals surface area (Å²) in [5.41, 5.74) is 8.10. The Bertz CT molecular complexity index is 456. The van der Waals surface area contributed by atoms with Crippen LogP contribution in [0.25, 0.3) is 0 Å². The first kappa shape index (κ1) is 14.0. The van der Waals surface area contributed by atoms with E-state index in [9.17, 15) is 4.39 Å². The van der Waals surface area contributed by atoms with Gasteiger partial charge in [-0.2, -0.15) is 0 Å². The van der Waals surface area contributed by atoms with E-state index in [2.05, 4.69) is 4.90 Å². The van der Waals surface area contributed by atoms with E-state index in [4.69, 9.17) is 5.73 Å². The quantitative estimate of drug-likeness (QED) is 0.916. The third-order valence-electron chi connectivity index (χ3n) is 5.32. The van der Waals surface area contributed by atoms with E-state index in [0.717, 1.165) is 30.8 Å². The van der Waals surface area contributed by atoms with Gasteiger partial charge in [0, 0.05) is 18.7 Å². The molecule has 0 unspecified atom stereocenters. The van der Waals surface area contributed by atoms with E-state index in [1.54, 1.807) is 12.1 Å². The fourth-order valence-electron chi connectivity index (χ4n) is 3.93. The Morgan fingerprint density at radius 2 is 1.80 bits per heavy atom. The normalized spacial score (nSPS) is 22.5. The van der Waals surface area contributed by atoms with E-state index in [1.165, 1.54) is 38.5 Å². The lowest BCUT2D eigenvalue weighted by atomic mass is 9.77. The van der Waals surface area contributed by atoms with E-state index in [1.807, 2.05) is 6.07 Å². The molecule has 0 radical (unpaired) electrons. The summed E-state index contributed by atoms with van der Waals surface area (Å²) < 4.78 is 13.9. The van der Waals surface area contributed by atoms with E-state index in [-0.39, 0.29) is 5.82 Å². The van der Waals surface area contributed by atoms with Gasteiger partial charge in [0.2, 0.25) is 0 Å². The predicted molar refractivity (Wildman–Crippen MR) is 79.7 cm³/mol. The maximum Gasteiger partial charge on any atom is 0.127 e. The summed E-state index contributed by atoms with van der Waals surface area (Å²) in [6.07, 6.45) is 8.24. The number of hydrogen-bond acceptors (Lipinski definition) is 2. The molecule has 0 atom stereocenters. The van der Waals surface area contributed by atoms with Gasteiger partial charge in [0.25, 0.3) is 0 Å². The number of halogens is 1. The second-order valence-electron chi connectivity index (χ2n) is 6.61. The molecule has 20 heavy (non-hydrogen) atoms. The molecular formula is C17H25FN2. The van der Waals surface area contributed by atoms with Gasteiger partial charge in [-0.3, -0.25) is 4.90 Å². The highest BCUT2D eigenvalue weighted by Crippen LogP contribution is 2.46. The minimum atomic E-state index is -0.0941. The van der Waals surface area contributed by atoms with Crippen LogP contribution < -0.4 is 5.73 Å². The summed E-state index contributed by atoms with van der Waals surface area (Å²) in [5.74, 6) is -0.0941. The molecule has 1 saturated heterocycles. The monoisotopic (exact) mass is 276 g/mol. The van der Waals surface area contributed by atoms with Crippen LogP contribution in [0.1, 0.15) is 49.7 Å². The van der Waals surface area contributed by atoms with Crippen molar-refractivity contribution < 1.29 is 4.39 Å². The molecule has 2 nitrogen and oxygen atoms in total. The smallest absolute Gasteiger partial charge is 0.127 e. The van der Waals surface area contributed by atoms with Gasteiger partial charge in [-0.25, -0.2) is 4.39 Å². The molecule has 1 saturated carbocycles.